The van der Waals surface area contributed by atoms with Gasteiger partial charge in [0.1, 0.15) is 0 Å². The molecule has 0 bridgehead atoms. The molecular formula is C17H14F3N5O. The third-order valence-corrected chi connectivity index (χ3v) is 3.54. The summed E-state index contributed by atoms with van der Waals surface area (Å²) in [6.45, 7) is -1.38. The Labute approximate surface area is 146 Å². The highest BCUT2D eigenvalue weighted by Gasteiger charge is 2.30. The van der Waals surface area contributed by atoms with Gasteiger partial charge in [0.25, 0.3) is 5.95 Å². The van der Waals surface area contributed by atoms with Gasteiger partial charge in [-0.05, 0) is 16.3 Å². The Kier molecular flexibility index (Phi) is 4.97. The molecule has 9 heteroatoms. The zero-order valence-corrected chi connectivity index (χ0v) is 13.4. The Balaban J connectivity index is 1.83. The van der Waals surface area contributed by atoms with E-state index < -0.39 is 24.5 Å². The van der Waals surface area contributed by atoms with E-state index in [4.69, 9.17) is 0 Å². The minimum absolute atomic E-state index is 0.281. The summed E-state index contributed by atoms with van der Waals surface area (Å²) in [7, 11) is 0. The lowest BCUT2D eigenvalue weighted by Crippen LogP contribution is -2.23. The van der Waals surface area contributed by atoms with Crippen LogP contribution in [0.25, 0.3) is 0 Å². The van der Waals surface area contributed by atoms with Crippen LogP contribution >= 0.6 is 0 Å². The zero-order chi connectivity index (χ0) is 18.6. The van der Waals surface area contributed by atoms with Crippen molar-refractivity contribution in [3.63, 3.8) is 0 Å². The monoisotopic (exact) mass is 361 g/mol. The number of alkyl halides is 3. The zero-order valence-electron chi connectivity index (χ0n) is 13.4. The Morgan fingerprint density at radius 2 is 1.54 bits per heavy atom. The van der Waals surface area contributed by atoms with Crippen molar-refractivity contribution in [2.75, 3.05) is 5.32 Å². The molecule has 134 valence electrons. The van der Waals surface area contributed by atoms with Gasteiger partial charge in [-0.15, -0.1) is 5.10 Å². The van der Waals surface area contributed by atoms with Crippen LogP contribution in [0.5, 0.6) is 0 Å². The molecule has 3 aromatic rings. The molecule has 0 fully saturated rings. The third kappa shape index (κ3) is 4.44. The van der Waals surface area contributed by atoms with Crippen molar-refractivity contribution in [1.82, 2.24) is 20.2 Å². The number of hydrogen-bond donors (Lipinski definition) is 1. The van der Waals surface area contributed by atoms with Crippen LogP contribution in [0.3, 0.4) is 0 Å². The molecule has 0 aliphatic heterocycles. The SMILES string of the molecule is O=C(Nc1nnn(CC(F)(F)F)n1)C(c1ccccc1)c1ccccc1. The van der Waals surface area contributed by atoms with Crippen LogP contribution in [0.4, 0.5) is 19.1 Å². The van der Waals surface area contributed by atoms with Crippen molar-refractivity contribution >= 4 is 11.9 Å². The molecule has 26 heavy (non-hydrogen) atoms. The lowest BCUT2D eigenvalue weighted by molar-refractivity contribution is -0.145. The van der Waals surface area contributed by atoms with Gasteiger partial charge in [0.05, 0.1) is 5.92 Å². The molecule has 0 saturated heterocycles. The molecule has 1 aromatic heterocycles. The number of amides is 1. The van der Waals surface area contributed by atoms with Gasteiger partial charge in [0.15, 0.2) is 6.54 Å². The van der Waals surface area contributed by atoms with Crippen LogP contribution in [0, 0.1) is 0 Å². The first kappa shape index (κ1) is 17.6. The number of anilines is 1. The van der Waals surface area contributed by atoms with Crippen molar-refractivity contribution in [2.24, 2.45) is 0 Å². The fourth-order valence-corrected chi connectivity index (χ4v) is 2.49. The number of rotatable bonds is 5. The standard InChI is InChI=1S/C17H14F3N5O/c18-17(19,20)11-25-23-16(22-24-25)21-15(26)14(12-7-3-1-4-8-12)13-9-5-2-6-10-13/h1-10,14H,11H2,(H,21,23,26). The number of tetrazole rings is 1. The van der Waals surface area contributed by atoms with Crippen LogP contribution in [0.2, 0.25) is 0 Å². The molecule has 0 spiro atoms. The Morgan fingerprint density at radius 3 is 2.04 bits per heavy atom. The molecular weight excluding hydrogens is 347 g/mol. The quantitative estimate of drug-likeness (QED) is 0.758. The lowest BCUT2D eigenvalue weighted by atomic mass is 9.90. The van der Waals surface area contributed by atoms with E-state index >= 15 is 0 Å². The Morgan fingerprint density at radius 1 is 1.00 bits per heavy atom. The summed E-state index contributed by atoms with van der Waals surface area (Å²) in [5, 5.41) is 12.7. The Hall–Kier alpha value is -3.23. The predicted octanol–water partition coefficient (Wildman–Crippen LogP) is 3.01. The summed E-state index contributed by atoms with van der Waals surface area (Å²) < 4.78 is 37.1. The van der Waals surface area contributed by atoms with Crippen molar-refractivity contribution in [3.8, 4) is 0 Å². The summed E-state index contributed by atoms with van der Waals surface area (Å²) in [4.78, 5) is 13.1. The number of hydrogen-bond acceptors (Lipinski definition) is 4. The molecule has 1 heterocycles. The second kappa shape index (κ2) is 7.34. The molecule has 2 aromatic carbocycles. The summed E-state index contributed by atoms with van der Waals surface area (Å²) in [6, 6.07) is 18.0. The highest BCUT2D eigenvalue weighted by Crippen LogP contribution is 2.25. The highest BCUT2D eigenvalue weighted by atomic mass is 19.4. The van der Waals surface area contributed by atoms with E-state index in [2.05, 4.69) is 20.7 Å². The molecule has 3 rings (SSSR count). The van der Waals surface area contributed by atoms with Crippen molar-refractivity contribution in [2.45, 2.75) is 18.6 Å². The fourth-order valence-electron chi connectivity index (χ4n) is 2.49. The molecule has 0 unspecified atom stereocenters. The minimum atomic E-state index is -4.47. The number of halogens is 3. The van der Waals surface area contributed by atoms with Crippen molar-refractivity contribution < 1.29 is 18.0 Å². The summed E-state index contributed by atoms with van der Waals surface area (Å²) >= 11 is 0. The first-order valence-electron chi connectivity index (χ1n) is 7.68. The maximum Gasteiger partial charge on any atom is 0.409 e. The molecule has 6 nitrogen and oxygen atoms in total. The number of aromatic nitrogens is 4. The van der Waals surface area contributed by atoms with E-state index in [-0.39, 0.29) is 5.95 Å². The summed E-state index contributed by atoms with van der Waals surface area (Å²) in [6.07, 6.45) is -4.47. The first-order valence-corrected chi connectivity index (χ1v) is 7.68. The average molecular weight is 361 g/mol. The smallest absolute Gasteiger partial charge is 0.291 e. The van der Waals surface area contributed by atoms with Crippen LogP contribution in [-0.2, 0) is 11.3 Å². The van der Waals surface area contributed by atoms with Crippen LogP contribution in [0.15, 0.2) is 60.7 Å². The van der Waals surface area contributed by atoms with Crippen molar-refractivity contribution in [1.29, 1.82) is 0 Å². The molecule has 1 amide bonds. The van der Waals surface area contributed by atoms with Gasteiger partial charge >= 0.3 is 6.18 Å². The second-order valence-electron chi connectivity index (χ2n) is 5.50. The van der Waals surface area contributed by atoms with E-state index in [1.807, 2.05) is 12.1 Å². The van der Waals surface area contributed by atoms with Gasteiger partial charge in [-0.2, -0.15) is 18.0 Å². The molecule has 1 N–H and O–H groups in total. The number of benzene rings is 2. The number of carbonyl (C=O) groups excluding carboxylic acids is 1. The van der Waals surface area contributed by atoms with Crippen LogP contribution < -0.4 is 5.32 Å². The van der Waals surface area contributed by atoms with E-state index in [1.54, 1.807) is 48.5 Å². The number of nitrogens with one attached hydrogen (secondary N) is 1. The Bertz CT molecular complexity index is 825. The van der Waals surface area contributed by atoms with E-state index in [0.717, 1.165) is 11.1 Å². The topological polar surface area (TPSA) is 72.7 Å². The second-order valence-corrected chi connectivity index (χ2v) is 5.50. The third-order valence-electron chi connectivity index (χ3n) is 3.54. The molecule has 0 aliphatic carbocycles. The van der Waals surface area contributed by atoms with E-state index in [0.29, 0.717) is 4.80 Å². The lowest BCUT2D eigenvalue weighted by Gasteiger charge is -2.16. The van der Waals surface area contributed by atoms with Gasteiger partial charge in [-0.25, -0.2) is 0 Å². The average Bonchev–Trinajstić information content (AvgIpc) is 3.02. The van der Waals surface area contributed by atoms with Gasteiger partial charge in [-0.3, -0.25) is 10.1 Å². The summed E-state index contributed by atoms with van der Waals surface area (Å²) in [5.41, 5.74) is 1.47. The van der Waals surface area contributed by atoms with Gasteiger partial charge < -0.3 is 0 Å². The molecule has 0 saturated carbocycles. The normalized spacial score (nSPS) is 11.5. The number of carbonyl (C=O) groups is 1. The van der Waals surface area contributed by atoms with Gasteiger partial charge in [0, 0.05) is 0 Å². The molecule has 0 aliphatic rings. The van der Waals surface area contributed by atoms with Crippen LogP contribution in [-0.4, -0.2) is 32.3 Å². The first-order chi connectivity index (χ1) is 12.4. The van der Waals surface area contributed by atoms with E-state index in [1.165, 1.54) is 0 Å². The maximum absolute atomic E-state index is 12.8. The highest BCUT2D eigenvalue weighted by molar-refractivity contribution is 5.96. The van der Waals surface area contributed by atoms with Crippen molar-refractivity contribution in [3.05, 3.63) is 71.8 Å². The van der Waals surface area contributed by atoms with E-state index in [9.17, 15) is 18.0 Å². The minimum Gasteiger partial charge on any atom is -0.291 e. The largest absolute Gasteiger partial charge is 0.409 e. The van der Waals surface area contributed by atoms with Crippen LogP contribution in [0.1, 0.15) is 17.0 Å². The number of nitrogens with zero attached hydrogens (tertiary/aromatic N) is 4. The predicted molar refractivity (Wildman–Crippen MR) is 87.2 cm³/mol. The molecule has 0 atom stereocenters. The van der Waals surface area contributed by atoms with Gasteiger partial charge in [0.2, 0.25) is 5.91 Å². The maximum atomic E-state index is 12.8. The summed E-state index contributed by atoms with van der Waals surface area (Å²) in [5.74, 6) is -1.41. The fraction of sp³-hybridized carbons (Fsp3) is 0.176. The van der Waals surface area contributed by atoms with Gasteiger partial charge in [-0.1, -0.05) is 65.8 Å². The molecule has 0 radical (unpaired) electrons.